The first kappa shape index (κ1) is 16.1. The lowest BCUT2D eigenvalue weighted by Gasteiger charge is -2.33. The van der Waals surface area contributed by atoms with Gasteiger partial charge in [0.1, 0.15) is 30.8 Å². The van der Waals surface area contributed by atoms with Gasteiger partial charge in [-0.2, -0.15) is 0 Å². The number of methoxy groups -OCH3 is 1. The van der Waals surface area contributed by atoms with E-state index in [-0.39, 0.29) is 0 Å². The molecular formula is C17H28NO3+. The molecule has 0 bridgehead atoms. The summed E-state index contributed by atoms with van der Waals surface area (Å²) >= 11 is 0. The molecule has 1 aromatic carbocycles. The van der Waals surface area contributed by atoms with Gasteiger partial charge in [0, 0.05) is 17.9 Å². The minimum atomic E-state index is -0.427. The largest absolute Gasteiger partial charge is 0.497 e. The van der Waals surface area contributed by atoms with Crippen LogP contribution >= 0.6 is 0 Å². The van der Waals surface area contributed by atoms with Crippen molar-refractivity contribution in [2.75, 3.05) is 33.4 Å². The molecule has 1 unspecified atom stereocenters. The highest BCUT2D eigenvalue weighted by Gasteiger charge is 2.26. The van der Waals surface area contributed by atoms with Crippen LogP contribution in [-0.4, -0.2) is 44.6 Å². The zero-order valence-electron chi connectivity index (χ0n) is 13.3. The standard InChI is InChI=1S/C17H27NO3/c1-13-7-14(2)10-18(9-13)11-15(19)12-21-17-6-4-5-16(8-17)20-3/h4-6,8,13-15,19H,7,9-12H2,1-3H3/p+1/t13-,14+,15-/m0/s1. The van der Waals surface area contributed by atoms with Crippen molar-refractivity contribution < 1.29 is 19.5 Å². The van der Waals surface area contributed by atoms with Gasteiger partial charge in [0.05, 0.1) is 20.2 Å². The lowest BCUT2D eigenvalue weighted by molar-refractivity contribution is -0.915. The average Bonchev–Trinajstić information content (AvgIpc) is 2.44. The Balaban J connectivity index is 1.77. The Morgan fingerprint density at radius 2 is 1.90 bits per heavy atom. The fraction of sp³-hybridized carbons (Fsp3) is 0.647. The summed E-state index contributed by atoms with van der Waals surface area (Å²) in [6.45, 7) is 8.00. The Morgan fingerprint density at radius 3 is 2.57 bits per heavy atom. The van der Waals surface area contributed by atoms with Gasteiger partial charge < -0.3 is 19.5 Å². The van der Waals surface area contributed by atoms with E-state index in [0.29, 0.717) is 6.61 Å². The van der Waals surface area contributed by atoms with Crippen molar-refractivity contribution in [1.82, 2.24) is 0 Å². The number of aliphatic hydroxyl groups excluding tert-OH is 1. The van der Waals surface area contributed by atoms with Crippen molar-refractivity contribution in [3.8, 4) is 11.5 Å². The number of hydrogen-bond acceptors (Lipinski definition) is 3. The summed E-state index contributed by atoms with van der Waals surface area (Å²) in [7, 11) is 1.63. The SMILES string of the molecule is COc1cccc(OC[C@@H](O)C[NH+]2C[C@H](C)C[C@H](C)C2)c1. The van der Waals surface area contributed by atoms with E-state index in [2.05, 4.69) is 13.8 Å². The molecule has 2 N–H and O–H groups in total. The van der Waals surface area contributed by atoms with Gasteiger partial charge in [0.25, 0.3) is 0 Å². The summed E-state index contributed by atoms with van der Waals surface area (Å²) in [4.78, 5) is 1.49. The van der Waals surface area contributed by atoms with Crippen LogP contribution in [0.5, 0.6) is 11.5 Å². The monoisotopic (exact) mass is 294 g/mol. The van der Waals surface area contributed by atoms with Crippen molar-refractivity contribution in [1.29, 1.82) is 0 Å². The van der Waals surface area contributed by atoms with E-state index in [9.17, 15) is 5.11 Å². The minimum Gasteiger partial charge on any atom is -0.497 e. The normalized spacial score (nSPS) is 27.1. The van der Waals surface area contributed by atoms with Crippen LogP contribution in [0.3, 0.4) is 0 Å². The molecule has 0 amide bonds. The smallest absolute Gasteiger partial charge is 0.137 e. The Labute approximate surface area is 127 Å². The van der Waals surface area contributed by atoms with Crippen molar-refractivity contribution in [3.05, 3.63) is 24.3 Å². The fourth-order valence-electron chi connectivity index (χ4n) is 3.36. The zero-order valence-corrected chi connectivity index (χ0v) is 13.3. The maximum atomic E-state index is 10.2. The molecule has 0 spiro atoms. The highest BCUT2D eigenvalue weighted by Crippen LogP contribution is 2.18. The lowest BCUT2D eigenvalue weighted by Crippen LogP contribution is -3.15. The molecule has 2 rings (SSSR count). The minimum absolute atomic E-state index is 0.333. The molecular weight excluding hydrogens is 266 g/mol. The summed E-state index contributed by atoms with van der Waals surface area (Å²) in [5, 5.41) is 10.2. The number of rotatable bonds is 6. The fourth-order valence-corrected chi connectivity index (χ4v) is 3.36. The van der Waals surface area contributed by atoms with E-state index in [0.717, 1.165) is 43.0 Å². The molecule has 1 aromatic rings. The van der Waals surface area contributed by atoms with E-state index in [4.69, 9.17) is 9.47 Å². The van der Waals surface area contributed by atoms with Crippen LogP contribution in [0.2, 0.25) is 0 Å². The van der Waals surface area contributed by atoms with Gasteiger partial charge in [0.15, 0.2) is 0 Å². The highest BCUT2D eigenvalue weighted by atomic mass is 16.5. The van der Waals surface area contributed by atoms with E-state index < -0.39 is 6.10 Å². The predicted octanol–water partition coefficient (Wildman–Crippen LogP) is 0.996. The summed E-state index contributed by atoms with van der Waals surface area (Å²) in [6.07, 6.45) is 0.878. The van der Waals surface area contributed by atoms with E-state index >= 15 is 0 Å². The molecule has 1 heterocycles. The molecule has 1 saturated heterocycles. The summed E-state index contributed by atoms with van der Waals surface area (Å²) < 4.78 is 10.8. The van der Waals surface area contributed by atoms with Gasteiger partial charge in [-0.3, -0.25) is 0 Å². The van der Waals surface area contributed by atoms with E-state index in [1.165, 1.54) is 11.3 Å². The molecule has 21 heavy (non-hydrogen) atoms. The second-order valence-corrected chi connectivity index (χ2v) is 6.45. The number of aliphatic hydroxyl groups is 1. The first-order valence-electron chi connectivity index (χ1n) is 7.85. The molecule has 4 heteroatoms. The number of quaternary nitrogens is 1. The maximum absolute atomic E-state index is 10.2. The summed E-state index contributed by atoms with van der Waals surface area (Å²) in [5.74, 6) is 3.00. The first-order valence-corrected chi connectivity index (χ1v) is 7.85. The molecule has 0 aliphatic carbocycles. The van der Waals surface area contributed by atoms with Crippen LogP contribution < -0.4 is 14.4 Å². The number of likely N-dealkylation sites (tertiary alicyclic amines) is 1. The van der Waals surface area contributed by atoms with E-state index in [1.54, 1.807) is 7.11 Å². The number of benzene rings is 1. The van der Waals surface area contributed by atoms with Crippen LogP contribution in [0.4, 0.5) is 0 Å². The summed E-state index contributed by atoms with van der Waals surface area (Å²) in [5.41, 5.74) is 0. The highest BCUT2D eigenvalue weighted by molar-refractivity contribution is 5.32. The number of nitrogens with one attached hydrogen (secondary N) is 1. The molecule has 0 saturated carbocycles. The second-order valence-electron chi connectivity index (χ2n) is 6.45. The molecule has 1 aliphatic heterocycles. The Bertz CT molecular complexity index is 428. The van der Waals surface area contributed by atoms with Crippen LogP contribution in [0.15, 0.2) is 24.3 Å². The van der Waals surface area contributed by atoms with Crippen molar-refractivity contribution in [2.45, 2.75) is 26.4 Å². The Hall–Kier alpha value is -1.26. The van der Waals surface area contributed by atoms with Gasteiger partial charge in [-0.25, -0.2) is 0 Å². The third-order valence-corrected chi connectivity index (χ3v) is 4.09. The average molecular weight is 294 g/mol. The Morgan fingerprint density at radius 1 is 1.24 bits per heavy atom. The molecule has 4 nitrogen and oxygen atoms in total. The topological polar surface area (TPSA) is 43.1 Å². The predicted molar refractivity (Wildman–Crippen MR) is 83.0 cm³/mol. The zero-order chi connectivity index (χ0) is 15.2. The first-order chi connectivity index (χ1) is 10.1. The number of piperidine rings is 1. The van der Waals surface area contributed by atoms with E-state index in [1.807, 2.05) is 24.3 Å². The van der Waals surface area contributed by atoms with Crippen molar-refractivity contribution in [3.63, 3.8) is 0 Å². The number of ether oxygens (including phenoxy) is 2. The third-order valence-electron chi connectivity index (χ3n) is 4.09. The molecule has 0 aromatic heterocycles. The molecule has 1 fully saturated rings. The maximum Gasteiger partial charge on any atom is 0.137 e. The van der Waals surface area contributed by atoms with Crippen LogP contribution in [0.1, 0.15) is 20.3 Å². The lowest BCUT2D eigenvalue weighted by atomic mass is 9.92. The van der Waals surface area contributed by atoms with Crippen LogP contribution in [0.25, 0.3) is 0 Å². The molecule has 0 radical (unpaired) electrons. The molecule has 118 valence electrons. The van der Waals surface area contributed by atoms with Crippen LogP contribution in [0, 0.1) is 11.8 Å². The van der Waals surface area contributed by atoms with Gasteiger partial charge >= 0.3 is 0 Å². The van der Waals surface area contributed by atoms with Crippen molar-refractivity contribution >= 4 is 0 Å². The molecule has 4 atom stereocenters. The van der Waals surface area contributed by atoms with Gasteiger partial charge in [0.2, 0.25) is 0 Å². The third kappa shape index (κ3) is 5.21. The second kappa shape index (κ2) is 7.66. The van der Waals surface area contributed by atoms with Gasteiger partial charge in [-0.05, 0) is 18.6 Å². The summed E-state index contributed by atoms with van der Waals surface area (Å²) in [6, 6.07) is 7.49. The molecule has 1 aliphatic rings. The van der Waals surface area contributed by atoms with Gasteiger partial charge in [-0.1, -0.05) is 19.9 Å². The van der Waals surface area contributed by atoms with Crippen molar-refractivity contribution in [2.24, 2.45) is 11.8 Å². The van der Waals surface area contributed by atoms with Gasteiger partial charge in [-0.15, -0.1) is 0 Å². The Kier molecular flexibility index (Phi) is 5.88. The number of hydrogen-bond donors (Lipinski definition) is 2. The van der Waals surface area contributed by atoms with Crippen LogP contribution in [-0.2, 0) is 0 Å². The quantitative estimate of drug-likeness (QED) is 0.822.